The normalized spacial score (nSPS) is 10.9. The van der Waals surface area contributed by atoms with Crippen LogP contribution in [-0.4, -0.2) is 20.8 Å². The molecule has 0 radical (unpaired) electrons. The van der Waals surface area contributed by atoms with E-state index < -0.39 is 0 Å². The molecule has 0 heterocycles. The molecule has 0 atom stereocenters. The Morgan fingerprint density at radius 1 is 1.00 bits per heavy atom. The molecule has 0 bridgehead atoms. The Labute approximate surface area is 130 Å². The molecule has 0 unspecified atom stereocenters. The van der Waals surface area contributed by atoms with Crippen LogP contribution in [0.15, 0.2) is 18.2 Å². The highest BCUT2D eigenvalue weighted by Crippen LogP contribution is 2.30. The Balaban J connectivity index is 2.21. The molecule has 1 N–H and O–H groups in total. The van der Waals surface area contributed by atoms with E-state index in [0.717, 1.165) is 36.1 Å². The van der Waals surface area contributed by atoms with Crippen LogP contribution in [0.25, 0.3) is 0 Å². The van der Waals surface area contributed by atoms with Crippen molar-refractivity contribution in [3.05, 3.63) is 23.8 Å². The van der Waals surface area contributed by atoms with E-state index in [-0.39, 0.29) is 0 Å². The van der Waals surface area contributed by atoms with E-state index >= 15 is 0 Å². The Kier molecular flexibility index (Phi) is 8.91. The fraction of sp³-hybridized carbons (Fsp3) is 0.667. The fourth-order valence-corrected chi connectivity index (χ4v) is 2.47. The largest absolute Gasteiger partial charge is 0.493 e. The van der Waals surface area contributed by atoms with Gasteiger partial charge in [0.25, 0.3) is 0 Å². The molecule has 21 heavy (non-hydrogen) atoms. The van der Waals surface area contributed by atoms with Gasteiger partial charge in [0, 0.05) is 12.1 Å². The summed E-state index contributed by atoms with van der Waals surface area (Å²) in [4.78, 5) is 0. The zero-order valence-corrected chi connectivity index (χ0v) is 14.1. The van der Waals surface area contributed by atoms with Gasteiger partial charge in [0.15, 0.2) is 11.5 Å². The van der Waals surface area contributed by atoms with Gasteiger partial charge in [-0.2, -0.15) is 0 Å². The Hall–Kier alpha value is -1.22. The smallest absolute Gasteiger partial charge is 0.165 e. The third-order valence-corrected chi connectivity index (χ3v) is 3.68. The van der Waals surface area contributed by atoms with Crippen LogP contribution in [-0.2, 0) is 6.54 Å². The SMILES string of the molecule is COc1cccc(CNCCCCCCC(C)C)c1OC. The van der Waals surface area contributed by atoms with E-state index in [1.165, 1.54) is 32.1 Å². The van der Waals surface area contributed by atoms with Crippen molar-refractivity contribution >= 4 is 0 Å². The summed E-state index contributed by atoms with van der Waals surface area (Å²) in [5.41, 5.74) is 1.15. The van der Waals surface area contributed by atoms with Crippen LogP contribution in [0, 0.1) is 5.92 Å². The molecule has 3 heteroatoms. The van der Waals surface area contributed by atoms with Crippen molar-refractivity contribution in [2.24, 2.45) is 5.92 Å². The van der Waals surface area contributed by atoms with Crippen LogP contribution < -0.4 is 14.8 Å². The first-order chi connectivity index (χ1) is 10.2. The number of unbranched alkanes of at least 4 members (excludes halogenated alkanes) is 3. The van der Waals surface area contributed by atoms with Crippen LogP contribution in [0.5, 0.6) is 11.5 Å². The number of nitrogens with one attached hydrogen (secondary N) is 1. The summed E-state index contributed by atoms with van der Waals surface area (Å²) in [5.74, 6) is 2.47. The van der Waals surface area contributed by atoms with Crippen molar-refractivity contribution in [1.29, 1.82) is 0 Å². The molecule has 3 nitrogen and oxygen atoms in total. The molecule has 0 aliphatic carbocycles. The van der Waals surface area contributed by atoms with Gasteiger partial charge in [-0.1, -0.05) is 51.7 Å². The first-order valence-corrected chi connectivity index (χ1v) is 8.09. The van der Waals surface area contributed by atoms with Crippen molar-refractivity contribution in [3.63, 3.8) is 0 Å². The predicted molar refractivity (Wildman–Crippen MR) is 89.2 cm³/mol. The van der Waals surface area contributed by atoms with Crippen LogP contribution in [0.1, 0.15) is 51.5 Å². The molecule has 0 saturated carbocycles. The molecule has 1 aromatic rings. The minimum atomic E-state index is 0.797. The highest BCUT2D eigenvalue weighted by Gasteiger charge is 2.08. The second-order valence-electron chi connectivity index (χ2n) is 5.93. The Morgan fingerprint density at radius 3 is 2.43 bits per heavy atom. The van der Waals surface area contributed by atoms with Crippen molar-refractivity contribution in [1.82, 2.24) is 5.32 Å². The number of rotatable bonds is 11. The number of methoxy groups -OCH3 is 2. The minimum absolute atomic E-state index is 0.797. The van der Waals surface area contributed by atoms with E-state index in [9.17, 15) is 0 Å². The molecule has 1 rings (SSSR count). The van der Waals surface area contributed by atoms with Gasteiger partial charge in [-0.05, 0) is 24.9 Å². The molecular formula is C18H31NO2. The lowest BCUT2D eigenvalue weighted by atomic mass is 10.0. The maximum Gasteiger partial charge on any atom is 0.165 e. The lowest BCUT2D eigenvalue weighted by Crippen LogP contribution is -2.15. The number of ether oxygens (including phenoxy) is 2. The van der Waals surface area contributed by atoms with Crippen molar-refractivity contribution < 1.29 is 9.47 Å². The van der Waals surface area contributed by atoms with Gasteiger partial charge in [0.1, 0.15) is 0 Å². The van der Waals surface area contributed by atoms with Gasteiger partial charge in [0.2, 0.25) is 0 Å². The number of benzene rings is 1. The average molecular weight is 293 g/mol. The molecule has 0 aromatic heterocycles. The number of para-hydroxylation sites is 1. The summed E-state index contributed by atoms with van der Waals surface area (Å²) in [6.45, 7) is 6.47. The maximum absolute atomic E-state index is 5.43. The maximum atomic E-state index is 5.43. The van der Waals surface area contributed by atoms with Gasteiger partial charge in [-0.15, -0.1) is 0 Å². The summed E-state index contributed by atoms with van der Waals surface area (Å²) in [6, 6.07) is 6.01. The average Bonchev–Trinajstić information content (AvgIpc) is 2.49. The lowest BCUT2D eigenvalue weighted by molar-refractivity contribution is 0.350. The summed E-state index contributed by atoms with van der Waals surface area (Å²) < 4.78 is 10.7. The minimum Gasteiger partial charge on any atom is -0.493 e. The van der Waals surface area contributed by atoms with E-state index in [1.807, 2.05) is 12.1 Å². The summed E-state index contributed by atoms with van der Waals surface area (Å²) in [7, 11) is 3.36. The number of hydrogen-bond donors (Lipinski definition) is 1. The molecular weight excluding hydrogens is 262 g/mol. The standard InChI is InChI=1S/C18H31NO2/c1-15(2)10-7-5-6-8-13-19-14-16-11-9-12-17(20-3)18(16)21-4/h9,11-12,15,19H,5-8,10,13-14H2,1-4H3. The molecule has 0 aliphatic rings. The van der Waals surface area contributed by atoms with E-state index in [1.54, 1.807) is 14.2 Å². The predicted octanol–water partition coefficient (Wildman–Crippen LogP) is 4.40. The highest BCUT2D eigenvalue weighted by atomic mass is 16.5. The Morgan fingerprint density at radius 2 is 1.76 bits per heavy atom. The van der Waals surface area contributed by atoms with Crippen molar-refractivity contribution in [3.8, 4) is 11.5 Å². The van der Waals surface area contributed by atoms with Crippen LogP contribution in [0.3, 0.4) is 0 Å². The molecule has 0 aliphatic heterocycles. The van der Waals surface area contributed by atoms with Crippen molar-refractivity contribution in [2.75, 3.05) is 20.8 Å². The van der Waals surface area contributed by atoms with Gasteiger partial charge < -0.3 is 14.8 Å². The lowest BCUT2D eigenvalue weighted by Gasteiger charge is -2.13. The summed E-state index contributed by atoms with van der Waals surface area (Å²) in [5, 5.41) is 3.49. The van der Waals surface area contributed by atoms with E-state index in [4.69, 9.17) is 9.47 Å². The quantitative estimate of drug-likeness (QED) is 0.613. The first kappa shape index (κ1) is 17.8. The van der Waals surface area contributed by atoms with Crippen LogP contribution in [0.4, 0.5) is 0 Å². The van der Waals surface area contributed by atoms with Crippen molar-refractivity contribution in [2.45, 2.75) is 52.5 Å². The second-order valence-corrected chi connectivity index (χ2v) is 5.93. The molecule has 120 valence electrons. The fourth-order valence-electron chi connectivity index (χ4n) is 2.47. The monoisotopic (exact) mass is 293 g/mol. The van der Waals surface area contributed by atoms with Gasteiger partial charge in [-0.25, -0.2) is 0 Å². The van der Waals surface area contributed by atoms with Gasteiger partial charge in [-0.3, -0.25) is 0 Å². The summed E-state index contributed by atoms with van der Waals surface area (Å²) in [6.07, 6.45) is 6.62. The van der Waals surface area contributed by atoms with Gasteiger partial charge in [0.05, 0.1) is 14.2 Å². The highest BCUT2D eigenvalue weighted by molar-refractivity contribution is 5.46. The second kappa shape index (κ2) is 10.5. The third-order valence-electron chi connectivity index (χ3n) is 3.68. The first-order valence-electron chi connectivity index (χ1n) is 8.09. The Bertz CT molecular complexity index is 391. The van der Waals surface area contributed by atoms with Gasteiger partial charge >= 0.3 is 0 Å². The van der Waals surface area contributed by atoms with Crippen LogP contribution >= 0.6 is 0 Å². The molecule has 0 saturated heterocycles. The van der Waals surface area contributed by atoms with E-state index in [0.29, 0.717) is 0 Å². The molecule has 1 aromatic carbocycles. The summed E-state index contributed by atoms with van der Waals surface area (Å²) >= 11 is 0. The number of hydrogen-bond acceptors (Lipinski definition) is 3. The zero-order chi connectivity index (χ0) is 15.5. The molecule has 0 spiro atoms. The molecule has 0 amide bonds. The van der Waals surface area contributed by atoms with Crippen LogP contribution in [0.2, 0.25) is 0 Å². The zero-order valence-electron chi connectivity index (χ0n) is 14.1. The molecule has 0 fully saturated rings. The van der Waals surface area contributed by atoms with E-state index in [2.05, 4.69) is 25.2 Å². The third kappa shape index (κ3) is 6.85. The topological polar surface area (TPSA) is 30.5 Å².